The molecule has 0 bridgehead atoms. The summed E-state index contributed by atoms with van der Waals surface area (Å²) in [5.74, 6) is -0.0177. The predicted molar refractivity (Wildman–Crippen MR) is 105 cm³/mol. The number of hydrogen-bond donors (Lipinski definition) is 1. The van der Waals surface area contributed by atoms with Crippen molar-refractivity contribution in [2.45, 2.75) is 6.54 Å². The summed E-state index contributed by atoms with van der Waals surface area (Å²) in [6, 6.07) is 12.7. The molecule has 0 aromatic heterocycles. The second-order valence-corrected chi connectivity index (χ2v) is 7.41. The highest BCUT2D eigenvalue weighted by Crippen LogP contribution is 2.38. The minimum atomic E-state index is -0.197. The molecule has 1 aliphatic rings. The van der Waals surface area contributed by atoms with Gasteiger partial charge < -0.3 is 9.84 Å². The van der Waals surface area contributed by atoms with E-state index < -0.39 is 0 Å². The highest BCUT2D eigenvalue weighted by atomic mass is 35.5. The average Bonchev–Trinajstić information content (AvgIpc) is 2.86. The van der Waals surface area contributed by atoms with Crippen LogP contribution in [0, 0.1) is 0 Å². The van der Waals surface area contributed by atoms with Crippen LogP contribution in [-0.2, 0) is 11.3 Å². The Morgan fingerprint density at radius 1 is 1.32 bits per heavy atom. The lowest BCUT2D eigenvalue weighted by atomic mass is 10.1. The van der Waals surface area contributed by atoms with Gasteiger partial charge in [0.1, 0.15) is 4.32 Å². The molecule has 2 aromatic rings. The SMILES string of the molecule is COc1cc(Cl)cc(/C=C2\SC(=S)N(Cc3ccccc3)C2=O)c1O. The first kappa shape index (κ1) is 17.8. The molecule has 7 heteroatoms. The van der Waals surface area contributed by atoms with Crippen molar-refractivity contribution in [3.63, 3.8) is 0 Å². The van der Waals surface area contributed by atoms with E-state index in [0.717, 1.165) is 5.56 Å². The zero-order valence-electron chi connectivity index (χ0n) is 13.2. The van der Waals surface area contributed by atoms with Crippen LogP contribution in [-0.4, -0.2) is 27.3 Å². The topological polar surface area (TPSA) is 49.8 Å². The van der Waals surface area contributed by atoms with Crippen LogP contribution >= 0.6 is 35.6 Å². The second kappa shape index (κ2) is 7.47. The number of rotatable bonds is 4. The van der Waals surface area contributed by atoms with E-state index in [1.807, 2.05) is 30.3 Å². The van der Waals surface area contributed by atoms with Gasteiger partial charge in [-0.2, -0.15) is 0 Å². The molecule has 1 aliphatic heterocycles. The lowest BCUT2D eigenvalue weighted by Crippen LogP contribution is -2.27. The number of amides is 1. The predicted octanol–water partition coefficient (Wildman–Crippen LogP) is 4.46. The number of ether oxygens (including phenoxy) is 1. The van der Waals surface area contributed by atoms with Crippen LogP contribution in [0.4, 0.5) is 0 Å². The van der Waals surface area contributed by atoms with Crippen LogP contribution in [0.3, 0.4) is 0 Å². The maximum Gasteiger partial charge on any atom is 0.266 e. The van der Waals surface area contributed by atoms with Gasteiger partial charge in [0.05, 0.1) is 18.6 Å². The van der Waals surface area contributed by atoms with Crippen molar-refractivity contribution in [2.24, 2.45) is 0 Å². The third kappa shape index (κ3) is 3.81. The summed E-state index contributed by atoms with van der Waals surface area (Å²) < 4.78 is 5.57. The molecular formula is C18H14ClNO3S2. The number of methoxy groups -OCH3 is 1. The molecule has 128 valence electrons. The molecule has 0 unspecified atom stereocenters. The number of phenols is 1. The van der Waals surface area contributed by atoms with Gasteiger partial charge in [-0.15, -0.1) is 0 Å². The van der Waals surface area contributed by atoms with Crippen molar-refractivity contribution >= 4 is 51.9 Å². The Hall–Kier alpha value is -2.02. The molecule has 1 fully saturated rings. The number of carbonyl (C=O) groups excluding carboxylic acids is 1. The molecule has 1 amide bonds. The second-order valence-electron chi connectivity index (χ2n) is 5.30. The highest BCUT2D eigenvalue weighted by molar-refractivity contribution is 8.26. The van der Waals surface area contributed by atoms with Gasteiger partial charge in [0.2, 0.25) is 0 Å². The first-order valence-corrected chi connectivity index (χ1v) is 8.95. The third-order valence-electron chi connectivity index (χ3n) is 3.63. The number of halogens is 1. The standard InChI is InChI=1S/C18H14ClNO3S2/c1-23-14-9-13(19)7-12(16(14)21)8-15-17(22)20(18(24)25-15)10-11-5-3-2-4-6-11/h2-9,21H,10H2,1H3/b15-8-. The summed E-state index contributed by atoms with van der Waals surface area (Å²) in [6.07, 6.45) is 1.58. The van der Waals surface area contributed by atoms with Gasteiger partial charge >= 0.3 is 0 Å². The number of benzene rings is 2. The minimum Gasteiger partial charge on any atom is -0.504 e. The fraction of sp³-hybridized carbons (Fsp3) is 0.111. The largest absolute Gasteiger partial charge is 0.504 e. The fourth-order valence-electron chi connectivity index (χ4n) is 2.40. The normalized spacial score (nSPS) is 15.9. The Bertz CT molecular complexity index is 868. The zero-order chi connectivity index (χ0) is 18.0. The number of nitrogens with zero attached hydrogens (tertiary/aromatic N) is 1. The molecule has 0 radical (unpaired) electrons. The van der Waals surface area contributed by atoms with Gasteiger partial charge in [0.15, 0.2) is 11.5 Å². The molecule has 1 N–H and O–H groups in total. The maximum atomic E-state index is 12.7. The fourth-order valence-corrected chi connectivity index (χ4v) is 3.87. The van der Waals surface area contributed by atoms with E-state index in [-0.39, 0.29) is 17.4 Å². The van der Waals surface area contributed by atoms with Crippen LogP contribution in [0.2, 0.25) is 5.02 Å². The van der Waals surface area contributed by atoms with E-state index in [1.54, 1.807) is 17.0 Å². The van der Waals surface area contributed by atoms with E-state index in [1.165, 1.54) is 24.9 Å². The Kier molecular flexibility index (Phi) is 5.32. The van der Waals surface area contributed by atoms with E-state index >= 15 is 0 Å². The first-order chi connectivity index (χ1) is 12.0. The molecular weight excluding hydrogens is 378 g/mol. The van der Waals surface area contributed by atoms with Gasteiger partial charge in [0, 0.05) is 16.7 Å². The lowest BCUT2D eigenvalue weighted by molar-refractivity contribution is -0.122. The van der Waals surface area contributed by atoms with Crippen LogP contribution < -0.4 is 4.74 Å². The van der Waals surface area contributed by atoms with Crippen molar-refractivity contribution in [3.05, 3.63) is 63.5 Å². The van der Waals surface area contributed by atoms with Crippen LogP contribution in [0.25, 0.3) is 6.08 Å². The summed E-state index contributed by atoms with van der Waals surface area (Å²) in [7, 11) is 1.44. The summed E-state index contributed by atoms with van der Waals surface area (Å²) in [5, 5.41) is 10.6. The Labute approximate surface area is 160 Å². The van der Waals surface area contributed by atoms with Gasteiger partial charge in [-0.25, -0.2) is 0 Å². The Morgan fingerprint density at radius 3 is 2.72 bits per heavy atom. The monoisotopic (exact) mass is 391 g/mol. The number of carbonyl (C=O) groups is 1. The highest BCUT2D eigenvalue weighted by Gasteiger charge is 2.32. The minimum absolute atomic E-state index is 0.0692. The third-order valence-corrected chi connectivity index (χ3v) is 5.23. The number of hydrogen-bond acceptors (Lipinski definition) is 5. The van der Waals surface area contributed by atoms with Crippen molar-refractivity contribution in [1.29, 1.82) is 0 Å². The molecule has 0 spiro atoms. The van der Waals surface area contributed by atoms with Crippen LogP contribution in [0.15, 0.2) is 47.4 Å². The Morgan fingerprint density at radius 2 is 2.04 bits per heavy atom. The van der Waals surface area contributed by atoms with Crippen molar-refractivity contribution < 1.29 is 14.6 Å². The van der Waals surface area contributed by atoms with Crippen molar-refractivity contribution in [2.75, 3.05) is 7.11 Å². The molecule has 1 saturated heterocycles. The van der Waals surface area contributed by atoms with E-state index in [9.17, 15) is 9.90 Å². The number of thiocarbonyl (C=S) groups is 1. The molecule has 1 heterocycles. The van der Waals surface area contributed by atoms with E-state index in [0.29, 0.717) is 26.4 Å². The quantitative estimate of drug-likeness (QED) is 0.616. The zero-order valence-corrected chi connectivity index (χ0v) is 15.6. The van der Waals surface area contributed by atoms with E-state index in [2.05, 4.69) is 0 Å². The molecule has 0 saturated carbocycles. The average molecular weight is 392 g/mol. The van der Waals surface area contributed by atoms with E-state index in [4.69, 9.17) is 28.6 Å². The molecule has 25 heavy (non-hydrogen) atoms. The summed E-state index contributed by atoms with van der Waals surface area (Å²) >= 11 is 12.6. The molecule has 3 rings (SSSR count). The van der Waals surface area contributed by atoms with Gasteiger partial charge in [-0.1, -0.05) is 65.9 Å². The van der Waals surface area contributed by atoms with Gasteiger partial charge in [0.25, 0.3) is 5.91 Å². The van der Waals surface area contributed by atoms with Gasteiger partial charge in [-0.05, 0) is 17.7 Å². The molecule has 0 atom stereocenters. The van der Waals surface area contributed by atoms with Crippen LogP contribution in [0.1, 0.15) is 11.1 Å². The van der Waals surface area contributed by atoms with Crippen LogP contribution in [0.5, 0.6) is 11.5 Å². The summed E-state index contributed by atoms with van der Waals surface area (Å²) in [5.41, 5.74) is 1.40. The smallest absolute Gasteiger partial charge is 0.266 e. The molecule has 4 nitrogen and oxygen atoms in total. The number of aromatic hydroxyl groups is 1. The van der Waals surface area contributed by atoms with Crippen molar-refractivity contribution in [3.8, 4) is 11.5 Å². The lowest BCUT2D eigenvalue weighted by Gasteiger charge is -2.14. The number of phenolic OH excluding ortho intramolecular Hbond substituents is 1. The maximum absolute atomic E-state index is 12.7. The Balaban J connectivity index is 1.89. The van der Waals surface area contributed by atoms with Gasteiger partial charge in [-0.3, -0.25) is 9.69 Å². The van der Waals surface area contributed by atoms with Crippen molar-refractivity contribution in [1.82, 2.24) is 4.90 Å². The first-order valence-electron chi connectivity index (χ1n) is 7.35. The summed E-state index contributed by atoms with van der Waals surface area (Å²) in [4.78, 5) is 14.7. The molecule has 0 aliphatic carbocycles. The summed E-state index contributed by atoms with van der Waals surface area (Å²) in [6.45, 7) is 0.410. The molecule has 2 aromatic carbocycles. The number of thioether (sulfide) groups is 1.